The summed E-state index contributed by atoms with van der Waals surface area (Å²) in [5.74, 6) is 1.03. The van der Waals surface area contributed by atoms with Gasteiger partial charge in [-0.1, -0.05) is 13.3 Å². The van der Waals surface area contributed by atoms with Gasteiger partial charge in [-0.15, -0.1) is 0 Å². The van der Waals surface area contributed by atoms with Gasteiger partial charge in [0.2, 0.25) is 0 Å². The number of nitrogens with zero attached hydrogens (tertiary/aromatic N) is 1. The predicted octanol–water partition coefficient (Wildman–Crippen LogP) is 2.69. The Morgan fingerprint density at radius 3 is 2.57 bits per heavy atom. The van der Waals surface area contributed by atoms with Crippen LogP contribution in [0, 0.1) is 0 Å². The zero-order chi connectivity index (χ0) is 15.4. The molecule has 0 radical (unpaired) electrons. The maximum absolute atomic E-state index is 12.8. The third kappa shape index (κ3) is 3.40. The Bertz CT molecular complexity index is 512. The third-order valence-electron chi connectivity index (χ3n) is 3.80. The second-order valence-electron chi connectivity index (χ2n) is 5.37. The van der Waals surface area contributed by atoms with Crippen molar-refractivity contribution in [3.05, 3.63) is 17.7 Å². The van der Waals surface area contributed by atoms with Crippen LogP contribution in [0.3, 0.4) is 0 Å². The SMILES string of the molecule is CCCCN(C(=O)c1cc(OC)cc(OC)c1N)C1CC1. The van der Waals surface area contributed by atoms with Crippen LogP contribution in [-0.2, 0) is 0 Å². The average molecular weight is 292 g/mol. The summed E-state index contributed by atoms with van der Waals surface area (Å²) in [7, 11) is 3.10. The van der Waals surface area contributed by atoms with E-state index in [-0.39, 0.29) is 5.91 Å². The van der Waals surface area contributed by atoms with E-state index >= 15 is 0 Å². The summed E-state index contributed by atoms with van der Waals surface area (Å²) < 4.78 is 10.5. The zero-order valence-electron chi connectivity index (χ0n) is 13.0. The van der Waals surface area contributed by atoms with Gasteiger partial charge in [0.05, 0.1) is 25.5 Å². The van der Waals surface area contributed by atoms with Crippen LogP contribution >= 0.6 is 0 Å². The molecule has 1 fully saturated rings. The van der Waals surface area contributed by atoms with Crippen molar-refractivity contribution in [1.82, 2.24) is 4.90 Å². The monoisotopic (exact) mass is 292 g/mol. The molecule has 5 nitrogen and oxygen atoms in total. The van der Waals surface area contributed by atoms with E-state index in [1.807, 2.05) is 4.90 Å². The second-order valence-corrected chi connectivity index (χ2v) is 5.37. The van der Waals surface area contributed by atoms with E-state index in [0.717, 1.165) is 32.2 Å². The Morgan fingerprint density at radius 1 is 1.33 bits per heavy atom. The minimum atomic E-state index is -0.0272. The van der Waals surface area contributed by atoms with Gasteiger partial charge >= 0.3 is 0 Å². The molecule has 1 amide bonds. The first kappa shape index (κ1) is 15.5. The number of nitrogens with two attached hydrogens (primary N) is 1. The maximum atomic E-state index is 12.8. The number of carbonyl (C=O) groups excluding carboxylic acids is 1. The molecule has 1 aliphatic carbocycles. The fourth-order valence-corrected chi connectivity index (χ4v) is 2.38. The van der Waals surface area contributed by atoms with Gasteiger partial charge in [0.15, 0.2) is 0 Å². The van der Waals surface area contributed by atoms with Crippen LogP contribution in [0.2, 0.25) is 0 Å². The number of rotatable bonds is 7. The highest BCUT2D eigenvalue weighted by Gasteiger charge is 2.33. The first-order valence-corrected chi connectivity index (χ1v) is 7.44. The lowest BCUT2D eigenvalue weighted by Gasteiger charge is -2.23. The molecule has 1 aliphatic rings. The van der Waals surface area contributed by atoms with Gasteiger partial charge < -0.3 is 20.1 Å². The van der Waals surface area contributed by atoms with Crippen LogP contribution in [0.25, 0.3) is 0 Å². The lowest BCUT2D eigenvalue weighted by Crippen LogP contribution is -2.34. The fourth-order valence-electron chi connectivity index (χ4n) is 2.38. The average Bonchev–Trinajstić information content (AvgIpc) is 3.32. The molecule has 0 aliphatic heterocycles. The Labute approximate surface area is 126 Å². The summed E-state index contributed by atoms with van der Waals surface area (Å²) in [6.45, 7) is 2.90. The Morgan fingerprint density at radius 2 is 2.05 bits per heavy atom. The van der Waals surface area contributed by atoms with Crippen molar-refractivity contribution in [1.29, 1.82) is 0 Å². The summed E-state index contributed by atoms with van der Waals surface area (Å²) in [5, 5.41) is 0. The van der Waals surface area contributed by atoms with Crippen LogP contribution in [0.15, 0.2) is 12.1 Å². The highest BCUT2D eigenvalue weighted by atomic mass is 16.5. The Hall–Kier alpha value is -1.91. The number of carbonyl (C=O) groups is 1. The number of methoxy groups -OCH3 is 2. The lowest BCUT2D eigenvalue weighted by molar-refractivity contribution is 0.0741. The number of amides is 1. The molecule has 0 saturated heterocycles. The van der Waals surface area contributed by atoms with E-state index in [0.29, 0.717) is 28.8 Å². The minimum Gasteiger partial charge on any atom is -0.497 e. The molecule has 116 valence electrons. The fraction of sp³-hybridized carbons (Fsp3) is 0.562. The molecular weight excluding hydrogens is 268 g/mol. The van der Waals surface area contributed by atoms with E-state index in [1.165, 1.54) is 7.11 Å². The number of unbranched alkanes of at least 4 members (excludes halogenated alkanes) is 1. The number of hydrogen-bond acceptors (Lipinski definition) is 4. The summed E-state index contributed by atoms with van der Waals surface area (Å²) in [6, 6.07) is 3.75. The van der Waals surface area contributed by atoms with Gasteiger partial charge in [0, 0.05) is 18.7 Å². The molecule has 0 spiro atoms. The summed E-state index contributed by atoms with van der Waals surface area (Å²) >= 11 is 0. The van der Waals surface area contributed by atoms with Gasteiger partial charge in [0.1, 0.15) is 11.5 Å². The largest absolute Gasteiger partial charge is 0.497 e. The van der Waals surface area contributed by atoms with Crippen molar-refractivity contribution in [2.45, 2.75) is 38.6 Å². The van der Waals surface area contributed by atoms with Gasteiger partial charge in [0.25, 0.3) is 5.91 Å². The van der Waals surface area contributed by atoms with Crippen molar-refractivity contribution in [3.63, 3.8) is 0 Å². The molecule has 2 rings (SSSR count). The number of nitrogen functional groups attached to an aromatic ring is 1. The maximum Gasteiger partial charge on any atom is 0.256 e. The van der Waals surface area contributed by atoms with E-state index in [4.69, 9.17) is 15.2 Å². The Balaban J connectivity index is 2.31. The molecule has 1 aromatic carbocycles. The van der Waals surface area contributed by atoms with Crippen LogP contribution in [0.4, 0.5) is 5.69 Å². The lowest BCUT2D eigenvalue weighted by atomic mass is 10.1. The molecule has 0 bridgehead atoms. The van der Waals surface area contributed by atoms with Gasteiger partial charge in [-0.25, -0.2) is 0 Å². The summed E-state index contributed by atoms with van der Waals surface area (Å²) in [4.78, 5) is 14.8. The van der Waals surface area contributed by atoms with E-state index in [2.05, 4.69) is 6.92 Å². The van der Waals surface area contributed by atoms with E-state index in [1.54, 1.807) is 19.2 Å². The van der Waals surface area contributed by atoms with Gasteiger partial charge in [-0.2, -0.15) is 0 Å². The van der Waals surface area contributed by atoms with E-state index < -0.39 is 0 Å². The molecule has 1 aromatic rings. The highest BCUT2D eigenvalue weighted by Crippen LogP contribution is 2.34. The molecule has 0 unspecified atom stereocenters. The van der Waals surface area contributed by atoms with Gasteiger partial charge in [-0.05, 0) is 25.3 Å². The van der Waals surface area contributed by atoms with Crippen LogP contribution < -0.4 is 15.2 Å². The molecule has 0 heterocycles. The smallest absolute Gasteiger partial charge is 0.256 e. The first-order valence-electron chi connectivity index (χ1n) is 7.44. The molecular formula is C16H24N2O3. The van der Waals surface area contributed by atoms with Crippen molar-refractivity contribution < 1.29 is 14.3 Å². The standard InChI is InChI=1S/C16H24N2O3/c1-4-5-8-18(11-6-7-11)16(19)13-9-12(20-2)10-14(21-3)15(13)17/h9-11H,4-8,17H2,1-3H3. The summed E-state index contributed by atoms with van der Waals surface area (Å²) in [6.07, 6.45) is 4.23. The first-order chi connectivity index (χ1) is 10.1. The van der Waals surface area contributed by atoms with Crippen LogP contribution in [-0.4, -0.2) is 37.6 Å². The van der Waals surface area contributed by atoms with Crippen molar-refractivity contribution >= 4 is 11.6 Å². The number of anilines is 1. The normalized spacial score (nSPS) is 13.9. The van der Waals surface area contributed by atoms with Crippen molar-refractivity contribution in [2.24, 2.45) is 0 Å². The molecule has 21 heavy (non-hydrogen) atoms. The van der Waals surface area contributed by atoms with Gasteiger partial charge in [-0.3, -0.25) is 4.79 Å². The van der Waals surface area contributed by atoms with Crippen molar-refractivity contribution in [2.75, 3.05) is 26.5 Å². The highest BCUT2D eigenvalue weighted by molar-refractivity contribution is 6.01. The predicted molar refractivity (Wildman–Crippen MR) is 82.9 cm³/mol. The minimum absolute atomic E-state index is 0.0272. The molecule has 2 N–H and O–H groups in total. The third-order valence-corrected chi connectivity index (χ3v) is 3.80. The van der Waals surface area contributed by atoms with Crippen LogP contribution in [0.5, 0.6) is 11.5 Å². The topological polar surface area (TPSA) is 64.8 Å². The molecule has 0 aromatic heterocycles. The zero-order valence-corrected chi connectivity index (χ0v) is 13.0. The van der Waals surface area contributed by atoms with Crippen LogP contribution in [0.1, 0.15) is 43.0 Å². The number of hydrogen-bond donors (Lipinski definition) is 1. The second kappa shape index (κ2) is 6.70. The van der Waals surface area contributed by atoms with Crippen molar-refractivity contribution in [3.8, 4) is 11.5 Å². The molecule has 0 atom stereocenters. The molecule has 1 saturated carbocycles. The quantitative estimate of drug-likeness (QED) is 0.785. The Kier molecular flexibility index (Phi) is 4.94. The number of ether oxygens (including phenoxy) is 2. The number of benzene rings is 1. The summed E-state index contributed by atoms with van der Waals surface area (Å²) in [5.41, 5.74) is 6.92. The van der Waals surface area contributed by atoms with E-state index in [9.17, 15) is 4.79 Å². The molecule has 5 heteroatoms.